The Kier molecular flexibility index (Phi) is 7.85. The summed E-state index contributed by atoms with van der Waals surface area (Å²) in [5, 5.41) is 7.09. The highest BCUT2D eigenvalue weighted by molar-refractivity contribution is 5.97. The number of ether oxygens (including phenoxy) is 4. The van der Waals surface area contributed by atoms with Crippen molar-refractivity contribution >= 4 is 17.6 Å². The zero-order valence-corrected chi connectivity index (χ0v) is 18.8. The molecule has 0 amide bonds. The van der Waals surface area contributed by atoms with Gasteiger partial charge in [-0.15, -0.1) is 0 Å². The first-order valence-electron chi connectivity index (χ1n) is 10.3. The van der Waals surface area contributed by atoms with Crippen LogP contribution in [0.2, 0.25) is 0 Å². The normalized spacial score (nSPS) is 10.4. The molecule has 1 aromatic heterocycles. The molecule has 3 aromatic rings. The molecule has 0 aliphatic carbocycles. The summed E-state index contributed by atoms with van der Waals surface area (Å²) >= 11 is 0. The Labute approximate surface area is 190 Å². The Morgan fingerprint density at radius 3 is 2.18 bits per heavy atom. The van der Waals surface area contributed by atoms with Crippen LogP contribution in [0, 0.1) is 0 Å². The van der Waals surface area contributed by atoms with Gasteiger partial charge in [0.15, 0.2) is 0 Å². The van der Waals surface area contributed by atoms with Gasteiger partial charge in [0.05, 0.1) is 50.7 Å². The van der Waals surface area contributed by atoms with Crippen LogP contribution in [0.5, 0.6) is 11.5 Å². The minimum Gasteiger partial charge on any atom is -0.497 e. The highest BCUT2D eigenvalue weighted by Gasteiger charge is 2.17. The van der Waals surface area contributed by atoms with Crippen molar-refractivity contribution in [3.05, 3.63) is 53.4 Å². The van der Waals surface area contributed by atoms with Crippen LogP contribution in [0.1, 0.15) is 40.5 Å². The van der Waals surface area contributed by atoms with Gasteiger partial charge in [-0.2, -0.15) is 4.98 Å². The second kappa shape index (κ2) is 11.0. The standard InChI is InChI=1S/C23H25N3O7/c1-5-31-22(27)14-9-15(23(28)32-6-2)11-16(10-14)24-13-20-25-21(26-33-20)18-8-7-17(29-3)12-19(18)30-4/h7-12,24H,5-6,13H2,1-4H3. The van der Waals surface area contributed by atoms with Crippen LogP contribution in [0.15, 0.2) is 40.9 Å². The Morgan fingerprint density at radius 2 is 1.61 bits per heavy atom. The van der Waals surface area contributed by atoms with Crippen molar-refractivity contribution in [1.82, 2.24) is 10.1 Å². The molecule has 10 nitrogen and oxygen atoms in total. The quantitative estimate of drug-likeness (QED) is 0.453. The van der Waals surface area contributed by atoms with E-state index in [0.29, 0.717) is 34.5 Å². The van der Waals surface area contributed by atoms with E-state index in [1.54, 1.807) is 58.4 Å². The molecule has 0 bridgehead atoms. The van der Waals surface area contributed by atoms with Crippen LogP contribution in [-0.4, -0.2) is 49.5 Å². The number of nitrogens with one attached hydrogen (secondary N) is 1. The molecule has 0 aliphatic rings. The van der Waals surface area contributed by atoms with Crippen molar-refractivity contribution in [3.63, 3.8) is 0 Å². The van der Waals surface area contributed by atoms with Gasteiger partial charge in [0.2, 0.25) is 11.7 Å². The van der Waals surface area contributed by atoms with Gasteiger partial charge in [-0.25, -0.2) is 9.59 Å². The monoisotopic (exact) mass is 455 g/mol. The Hall–Kier alpha value is -4.08. The third kappa shape index (κ3) is 5.79. The van der Waals surface area contributed by atoms with E-state index < -0.39 is 11.9 Å². The molecular formula is C23H25N3O7. The number of carbonyl (C=O) groups is 2. The first kappa shape index (κ1) is 23.6. The van der Waals surface area contributed by atoms with E-state index in [1.165, 1.54) is 6.07 Å². The van der Waals surface area contributed by atoms with Crippen LogP contribution < -0.4 is 14.8 Å². The number of carbonyl (C=O) groups excluding carboxylic acids is 2. The first-order valence-corrected chi connectivity index (χ1v) is 10.3. The maximum Gasteiger partial charge on any atom is 0.338 e. The number of benzene rings is 2. The van der Waals surface area contributed by atoms with Gasteiger partial charge in [-0.05, 0) is 44.2 Å². The summed E-state index contributed by atoms with van der Waals surface area (Å²) in [6.07, 6.45) is 0. The number of aromatic nitrogens is 2. The lowest BCUT2D eigenvalue weighted by Gasteiger charge is -2.10. The largest absolute Gasteiger partial charge is 0.497 e. The lowest BCUT2D eigenvalue weighted by atomic mass is 10.1. The van der Waals surface area contributed by atoms with Crippen LogP contribution >= 0.6 is 0 Å². The maximum absolute atomic E-state index is 12.2. The van der Waals surface area contributed by atoms with Gasteiger partial charge in [0.25, 0.3) is 0 Å². The lowest BCUT2D eigenvalue weighted by Crippen LogP contribution is -2.11. The van der Waals surface area contributed by atoms with Crippen LogP contribution in [0.25, 0.3) is 11.4 Å². The zero-order valence-electron chi connectivity index (χ0n) is 18.8. The molecule has 0 spiro atoms. The van der Waals surface area contributed by atoms with Gasteiger partial charge in [-0.3, -0.25) is 0 Å². The van der Waals surface area contributed by atoms with Gasteiger partial charge in [0, 0.05) is 11.8 Å². The Bertz CT molecular complexity index is 1090. The fourth-order valence-electron chi connectivity index (χ4n) is 2.99. The summed E-state index contributed by atoms with van der Waals surface area (Å²) in [7, 11) is 3.11. The van der Waals surface area contributed by atoms with E-state index in [4.69, 9.17) is 23.5 Å². The molecule has 0 aliphatic heterocycles. The van der Waals surface area contributed by atoms with Crippen molar-refractivity contribution in [2.45, 2.75) is 20.4 Å². The minimum atomic E-state index is -0.543. The van der Waals surface area contributed by atoms with Gasteiger partial charge >= 0.3 is 11.9 Å². The van der Waals surface area contributed by atoms with Crippen molar-refractivity contribution < 1.29 is 33.1 Å². The summed E-state index contributed by atoms with van der Waals surface area (Å²) in [4.78, 5) is 28.8. The molecule has 2 aromatic carbocycles. The highest BCUT2D eigenvalue weighted by Crippen LogP contribution is 2.31. The summed E-state index contributed by atoms with van der Waals surface area (Å²) < 4.78 is 26.0. The van der Waals surface area contributed by atoms with Crippen LogP contribution in [0.4, 0.5) is 5.69 Å². The average Bonchev–Trinajstić information content (AvgIpc) is 3.31. The summed E-state index contributed by atoms with van der Waals surface area (Å²) in [6, 6.07) is 9.84. The van der Waals surface area contributed by atoms with Crippen LogP contribution in [-0.2, 0) is 16.0 Å². The van der Waals surface area contributed by atoms with Crippen molar-refractivity contribution in [2.75, 3.05) is 32.8 Å². The number of hydrogen-bond acceptors (Lipinski definition) is 10. The number of nitrogens with zero attached hydrogens (tertiary/aromatic N) is 2. The van der Waals surface area contributed by atoms with E-state index >= 15 is 0 Å². The van der Waals surface area contributed by atoms with Gasteiger partial charge in [0.1, 0.15) is 11.5 Å². The average molecular weight is 455 g/mol. The van der Waals surface area contributed by atoms with Gasteiger partial charge in [-0.1, -0.05) is 5.16 Å². The highest BCUT2D eigenvalue weighted by atomic mass is 16.5. The molecule has 174 valence electrons. The molecule has 0 fully saturated rings. The smallest absolute Gasteiger partial charge is 0.338 e. The van der Waals surface area contributed by atoms with E-state index in [1.807, 2.05) is 0 Å². The molecule has 0 saturated heterocycles. The van der Waals surface area contributed by atoms with E-state index in [-0.39, 0.29) is 30.9 Å². The SMILES string of the molecule is CCOC(=O)c1cc(NCc2nc(-c3ccc(OC)cc3OC)no2)cc(C(=O)OCC)c1. The molecule has 0 unspecified atom stereocenters. The number of anilines is 1. The topological polar surface area (TPSA) is 122 Å². The van der Waals surface area contributed by atoms with E-state index in [2.05, 4.69) is 15.5 Å². The second-order valence-corrected chi connectivity index (χ2v) is 6.67. The third-order valence-corrected chi connectivity index (χ3v) is 4.52. The lowest BCUT2D eigenvalue weighted by molar-refractivity contribution is 0.0525. The number of rotatable bonds is 10. The van der Waals surface area contributed by atoms with Gasteiger partial charge < -0.3 is 28.8 Å². The van der Waals surface area contributed by atoms with E-state index in [9.17, 15) is 9.59 Å². The third-order valence-electron chi connectivity index (χ3n) is 4.52. The Morgan fingerprint density at radius 1 is 0.939 bits per heavy atom. The zero-order chi connectivity index (χ0) is 23.8. The minimum absolute atomic E-state index is 0.153. The fraction of sp³-hybridized carbons (Fsp3) is 0.304. The molecule has 0 radical (unpaired) electrons. The number of esters is 2. The molecule has 0 saturated carbocycles. The molecule has 0 atom stereocenters. The predicted molar refractivity (Wildman–Crippen MR) is 119 cm³/mol. The second-order valence-electron chi connectivity index (χ2n) is 6.67. The Balaban J connectivity index is 1.80. The summed E-state index contributed by atoms with van der Waals surface area (Å²) in [6.45, 7) is 3.99. The van der Waals surface area contributed by atoms with E-state index in [0.717, 1.165) is 0 Å². The first-order chi connectivity index (χ1) is 16.0. The van der Waals surface area contributed by atoms with Crippen molar-refractivity contribution in [2.24, 2.45) is 0 Å². The molecule has 33 heavy (non-hydrogen) atoms. The molecular weight excluding hydrogens is 430 g/mol. The molecule has 1 heterocycles. The predicted octanol–water partition coefficient (Wildman–Crippen LogP) is 3.72. The number of methoxy groups -OCH3 is 2. The molecule has 1 N–H and O–H groups in total. The molecule has 3 rings (SSSR count). The number of hydrogen-bond donors (Lipinski definition) is 1. The molecule has 10 heteroatoms. The van der Waals surface area contributed by atoms with Crippen molar-refractivity contribution in [3.8, 4) is 22.9 Å². The summed E-state index contributed by atoms with van der Waals surface area (Å²) in [5.41, 5.74) is 1.57. The fourth-order valence-corrected chi connectivity index (χ4v) is 2.99. The maximum atomic E-state index is 12.2. The van der Waals surface area contributed by atoms with Crippen molar-refractivity contribution in [1.29, 1.82) is 0 Å². The van der Waals surface area contributed by atoms with Crippen LogP contribution in [0.3, 0.4) is 0 Å². The summed E-state index contributed by atoms with van der Waals surface area (Å²) in [5.74, 6) is 0.730.